The average Bonchev–Trinajstić information content (AvgIpc) is 2.10. The smallest absolute Gasteiger partial charge is 0.254 e. The fourth-order valence-electron chi connectivity index (χ4n) is 1.23. The lowest BCUT2D eigenvalue weighted by molar-refractivity contribution is 0.298. The van der Waals surface area contributed by atoms with E-state index in [1.165, 1.54) is 0 Å². The Labute approximate surface area is 87.0 Å². The molecular formula is C9H13ClN2O2. The highest BCUT2D eigenvalue weighted by Gasteiger charge is 2.10. The molecule has 1 rings (SSSR count). The van der Waals surface area contributed by atoms with Crippen LogP contribution in [0.5, 0.6) is 0 Å². The number of aromatic amines is 1. The summed E-state index contributed by atoms with van der Waals surface area (Å²) in [4.78, 5) is 18.2. The second kappa shape index (κ2) is 4.57. The van der Waals surface area contributed by atoms with Crippen molar-refractivity contribution < 1.29 is 5.11 Å². The first-order valence-electron chi connectivity index (χ1n) is 4.41. The molecule has 1 unspecified atom stereocenters. The van der Waals surface area contributed by atoms with E-state index in [0.29, 0.717) is 23.5 Å². The van der Waals surface area contributed by atoms with E-state index in [4.69, 9.17) is 16.7 Å². The number of aliphatic hydroxyl groups excluding tert-OH is 1. The molecular weight excluding hydrogens is 204 g/mol. The van der Waals surface area contributed by atoms with Gasteiger partial charge in [-0.25, -0.2) is 4.98 Å². The molecule has 0 aliphatic carbocycles. The van der Waals surface area contributed by atoms with Crippen LogP contribution in [0.15, 0.2) is 4.79 Å². The van der Waals surface area contributed by atoms with E-state index in [9.17, 15) is 4.79 Å². The lowest BCUT2D eigenvalue weighted by Gasteiger charge is -2.06. The molecule has 14 heavy (non-hydrogen) atoms. The molecule has 4 nitrogen and oxygen atoms in total. The number of nitrogens with zero attached hydrogens (tertiary/aromatic N) is 1. The molecule has 2 N–H and O–H groups in total. The van der Waals surface area contributed by atoms with Gasteiger partial charge in [0.25, 0.3) is 5.56 Å². The Balaban J connectivity index is 3.18. The minimum absolute atomic E-state index is 0.0542. The van der Waals surface area contributed by atoms with Crippen molar-refractivity contribution in [3.8, 4) is 0 Å². The van der Waals surface area contributed by atoms with Crippen LogP contribution in [0.4, 0.5) is 0 Å². The molecule has 0 radical (unpaired) electrons. The maximum atomic E-state index is 11.5. The second-order valence-corrected chi connectivity index (χ2v) is 3.76. The van der Waals surface area contributed by atoms with Crippen LogP contribution >= 0.6 is 11.6 Å². The molecule has 0 fully saturated rings. The van der Waals surface area contributed by atoms with Crippen LogP contribution in [0.1, 0.15) is 29.4 Å². The summed E-state index contributed by atoms with van der Waals surface area (Å²) >= 11 is 5.79. The van der Waals surface area contributed by atoms with Gasteiger partial charge in [-0.05, 0) is 13.8 Å². The van der Waals surface area contributed by atoms with Crippen LogP contribution in [-0.4, -0.2) is 21.7 Å². The van der Waals surface area contributed by atoms with Crippen molar-refractivity contribution in [1.82, 2.24) is 9.97 Å². The first kappa shape index (κ1) is 11.2. The number of aromatic nitrogens is 2. The summed E-state index contributed by atoms with van der Waals surface area (Å²) in [5.41, 5.74) is 0.938. The molecule has 1 aromatic heterocycles. The van der Waals surface area contributed by atoms with E-state index in [2.05, 4.69) is 9.97 Å². The van der Waals surface area contributed by atoms with E-state index >= 15 is 0 Å². The van der Waals surface area contributed by atoms with Gasteiger partial charge in [0.1, 0.15) is 5.82 Å². The number of H-pyrrole nitrogens is 1. The standard InChI is InChI=1S/C9H13ClN2O2/c1-5(10)8-11-6(2)7(3-4-13)9(14)12-8/h5,13H,3-4H2,1-2H3,(H,11,12,14). The van der Waals surface area contributed by atoms with Crippen molar-refractivity contribution in [2.75, 3.05) is 6.61 Å². The van der Waals surface area contributed by atoms with Gasteiger partial charge in [-0.3, -0.25) is 4.79 Å². The number of hydrogen-bond donors (Lipinski definition) is 2. The van der Waals surface area contributed by atoms with E-state index in [-0.39, 0.29) is 17.5 Å². The predicted molar refractivity (Wildman–Crippen MR) is 54.7 cm³/mol. The minimum Gasteiger partial charge on any atom is -0.396 e. The molecule has 0 aliphatic rings. The van der Waals surface area contributed by atoms with Gasteiger partial charge in [-0.15, -0.1) is 11.6 Å². The monoisotopic (exact) mass is 216 g/mol. The van der Waals surface area contributed by atoms with Crippen LogP contribution < -0.4 is 5.56 Å². The number of hydrogen-bond acceptors (Lipinski definition) is 3. The highest BCUT2D eigenvalue weighted by Crippen LogP contribution is 2.14. The fraction of sp³-hybridized carbons (Fsp3) is 0.556. The summed E-state index contributed by atoms with van der Waals surface area (Å²) in [6, 6.07) is 0. The van der Waals surface area contributed by atoms with E-state index in [0.717, 1.165) is 0 Å². The molecule has 0 bridgehead atoms. The summed E-state index contributed by atoms with van der Waals surface area (Å²) in [5.74, 6) is 0.468. The average molecular weight is 217 g/mol. The summed E-state index contributed by atoms with van der Waals surface area (Å²) in [6.07, 6.45) is 0.325. The molecule has 1 aromatic rings. The number of alkyl halides is 1. The molecule has 0 saturated carbocycles. The molecule has 0 amide bonds. The van der Waals surface area contributed by atoms with Crippen LogP contribution in [0.25, 0.3) is 0 Å². The minimum atomic E-state index is -0.315. The van der Waals surface area contributed by atoms with E-state index in [1.807, 2.05) is 0 Å². The fourth-order valence-corrected chi connectivity index (χ4v) is 1.33. The van der Waals surface area contributed by atoms with Crippen LogP contribution in [0.3, 0.4) is 0 Å². The molecule has 0 spiro atoms. The predicted octanol–water partition coefficient (Wildman–Crippen LogP) is 0.913. The normalized spacial score (nSPS) is 12.9. The van der Waals surface area contributed by atoms with Gasteiger partial charge >= 0.3 is 0 Å². The number of nitrogens with one attached hydrogen (secondary N) is 1. The molecule has 0 saturated heterocycles. The van der Waals surface area contributed by atoms with Gasteiger partial charge in [-0.2, -0.15) is 0 Å². The van der Waals surface area contributed by atoms with E-state index < -0.39 is 0 Å². The van der Waals surface area contributed by atoms with Crippen LogP contribution in [-0.2, 0) is 6.42 Å². The Kier molecular flexibility index (Phi) is 3.66. The lowest BCUT2D eigenvalue weighted by Crippen LogP contribution is -2.20. The summed E-state index contributed by atoms with van der Waals surface area (Å²) in [7, 11) is 0. The Morgan fingerprint density at radius 1 is 1.64 bits per heavy atom. The van der Waals surface area contributed by atoms with E-state index in [1.54, 1.807) is 13.8 Å². The zero-order valence-corrected chi connectivity index (χ0v) is 8.93. The highest BCUT2D eigenvalue weighted by molar-refractivity contribution is 6.20. The van der Waals surface area contributed by atoms with Crippen LogP contribution in [0, 0.1) is 6.92 Å². The first-order chi connectivity index (χ1) is 6.56. The number of rotatable bonds is 3. The maximum absolute atomic E-state index is 11.5. The van der Waals surface area contributed by atoms with Crippen molar-refractivity contribution in [2.45, 2.75) is 25.6 Å². The van der Waals surface area contributed by atoms with Crippen molar-refractivity contribution in [3.05, 3.63) is 27.4 Å². The third-order valence-corrected chi connectivity index (χ3v) is 2.19. The number of aliphatic hydroxyl groups is 1. The van der Waals surface area contributed by atoms with Crippen LogP contribution in [0.2, 0.25) is 0 Å². The Bertz CT molecular complexity index is 374. The van der Waals surface area contributed by atoms with Gasteiger partial charge in [0.05, 0.1) is 5.38 Å². The molecule has 78 valence electrons. The zero-order chi connectivity index (χ0) is 10.7. The third-order valence-electron chi connectivity index (χ3n) is 1.98. The summed E-state index contributed by atoms with van der Waals surface area (Å²) in [6.45, 7) is 3.43. The topological polar surface area (TPSA) is 66.0 Å². The molecule has 1 heterocycles. The Morgan fingerprint density at radius 2 is 2.29 bits per heavy atom. The van der Waals surface area contributed by atoms with Gasteiger partial charge < -0.3 is 10.1 Å². The van der Waals surface area contributed by atoms with Gasteiger partial charge in [0, 0.05) is 24.3 Å². The number of aryl methyl sites for hydroxylation is 1. The molecule has 0 aromatic carbocycles. The molecule has 0 aliphatic heterocycles. The molecule has 5 heteroatoms. The van der Waals surface area contributed by atoms with Crippen molar-refractivity contribution >= 4 is 11.6 Å². The quantitative estimate of drug-likeness (QED) is 0.739. The number of halogens is 1. The largest absolute Gasteiger partial charge is 0.396 e. The van der Waals surface area contributed by atoms with Gasteiger partial charge in [0.2, 0.25) is 0 Å². The van der Waals surface area contributed by atoms with Crippen molar-refractivity contribution in [2.24, 2.45) is 0 Å². The summed E-state index contributed by atoms with van der Waals surface area (Å²) < 4.78 is 0. The highest BCUT2D eigenvalue weighted by atomic mass is 35.5. The van der Waals surface area contributed by atoms with Crippen molar-refractivity contribution in [3.63, 3.8) is 0 Å². The SMILES string of the molecule is Cc1nc(C(C)Cl)[nH]c(=O)c1CCO. The van der Waals surface area contributed by atoms with Gasteiger partial charge in [-0.1, -0.05) is 0 Å². The zero-order valence-electron chi connectivity index (χ0n) is 8.17. The molecule has 1 atom stereocenters. The van der Waals surface area contributed by atoms with Crippen molar-refractivity contribution in [1.29, 1.82) is 0 Å². The summed E-state index contributed by atoms with van der Waals surface area (Å²) in [5, 5.41) is 8.43. The maximum Gasteiger partial charge on any atom is 0.254 e. The third kappa shape index (κ3) is 2.33. The Morgan fingerprint density at radius 3 is 2.71 bits per heavy atom. The first-order valence-corrected chi connectivity index (χ1v) is 4.84. The second-order valence-electron chi connectivity index (χ2n) is 3.10. The van der Waals surface area contributed by atoms with Gasteiger partial charge in [0.15, 0.2) is 0 Å². The lowest BCUT2D eigenvalue weighted by atomic mass is 10.2. The Hall–Kier alpha value is -0.870.